The molecule has 0 spiro atoms. The quantitative estimate of drug-likeness (QED) is 0.819. The summed E-state index contributed by atoms with van der Waals surface area (Å²) in [7, 11) is 1.81. The van der Waals surface area contributed by atoms with Crippen LogP contribution in [-0.4, -0.2) is 12.7 Å². The van der Waals surface area contributed by atoms with Crippen molar-refractivity contribution in [3.8, 4) is 0 Å². The van der Waals surface area contributed by atoms with Crippen LogP contribution in [0.1, 0.15) is 36.9 Å². The average Bonchev–Trinajstić information content (AvgIpc) is 2.99. The van der Waals surface area contributed by atoms with Gasteiger partial charge in [-0.05, 0) is 30.9 Å². The van der Waals surface area contributed by atoms with Crippen molar-refractivity contribution in [2.24, 2.45) is 5.73 Å². The van der Waals surface area contributed by atoms with Gasteiger partial charge in [-0.1, -0.05) is 24.3 Å². The Bertz CT molecular complexity index is 342. The maximum absolute atomic E-state index is 5.86. The van der Waals surface area contributed by atoms with E-state index in [0.29, 0.717) is 0 Å². The average molecular weight is 205 g/mol. The summed E-state index contributed by atoms with van der Waals surface area (Å²) in [5, 5.41) is 0. The van der Waals surface area contributed by atoms with Crippen molar-refractivity contribution in [3.05, 3.63) is 35.4 Å². The predicted octanol–water partition coefficient (Wildman–Crippen LogP) is 2.43. The Morgan fingerprint density at radius 3 is 2.73 bits per heavy atom. The minimum absolute atomic E-state index is 0.114. The first kappa shape index (κ1) is 10.7. The molecule has 0 saturated heterocycles. The standard InChI is InChI=1S/C13H19NO/c1-10(14)12-5-3-4-11(8-12)9-13(15-2)6-7-13/h3-5,8,10H,6-7,9,14H2,1-2H3. The maximum Gasteiger partial charge on any atom is 0.0721 e. The van der Waals surface area contributed by atoms with Gasteiger partial charge in [0.25, 0.3) is 0 Å². The van der Waals surface area contributed by atoms with E-state index in [1.807, 2.05) is 14.0 Å². The lowest BCUT2D eigenvalue weighted by Crippen LogP contribution is -2.15. The van der Waals surface area contributed by atoms with E-state index in [2.05, 4.69) is 24.3 Å². The van der Waals surface area contributed by atoms with Crippen molar-refractivity contribution in [3.63, 3.8) is 0 Å². The van der Waals surface area contributed by atoms with Gasteiger partial charge in [0.2, 0.25) is 0 Å². The SMILES string of the molecule is COC1(Cc2cccc(C(C)N)c2)CC1. The third kappa shape index (κ3) is 2.39. The van der Waals surface area contributed by atoms with Crippen molar-refractivity contribution >= 4 is 0 Å². The number of ether oxygens (including phenoxy) is 1. The molecule has 1 aromatic rings. The normalized spacial score (nSPS) is 19.9. The lowest BCUT2D eigenvalue weighted by Gasteiger charge is -2.14. The van der Waals surface area contributed by atoms with Gasteiger partial charge >= 0.3 is 0 Å². The van der Waals surface area contributed by atoms with Gasteiger partial charge in [-0.15, -0.1) is 0 Å². The molecule has 1 aliphatic rings. The van der Waals surface area contributed by atoms with Gasteiger partial charge in [-0.2, -0.15) is 0 Å². The van der Waals surface area contributed by atoms with Crippen LogP contribution in [0.2, 0.25) is 0 Å². The van der Waals surface area contributed by atoms with Crippen LogP contribution in [0.4, 0.5) is 0 Å². The van der Waals surface area contributed by atoms with E-state index in [0.717, 1.165) is 6.42 Å². The van der Waals surface area contributed by atoms with Crippen LogP contribution in [0.3, 0.4) is 0 Å². The highest BCUT2D eigenvalue weighted by atomic mass is 16.5. The smallest absolute Gasteiger partial charge is 0.0721 e. The topological polar surface area (TPSA) is 35.2 Å². The third-order valence-corrected chi connectivity index (χ3v) is 3.24. The van der Waals surface area contributed by atoms with Gasteiger partial charge in [0.05, 0.1) is 5.60 Å². The molecule has 1 unspecified atom stereocenters. The summed E-state index contributed by atoms with van der Waals surface area (Å²) < 4.78 is 5.52. The second-order valence-corrected chi connectivity index (χ2v) is 4.60. The fourth-order valence-corrected chi connectivity index (χ4v) is 1.95. The van der Waals surface area contributed by atoms with Gasteiger partial charge in [0.15, 0.2) is 0 Å². The van der Waals surface area contributed by atoms with Crippen LogP contribution in [0.25, 0.3) is 0 Å². The molecule has 0 heterocycles. The molecule has 0 bridgehead atoms. The number of benzene rings is 1. The zero-order valence-electron chi connectivity index (χ0n) is 9.49. The molecule has 0 radical (unpaired) electrons. The minimum atomic E-state index is 0.114. The Morgan fingerprint density at radius 2 is 2.20 bits per heavy atom. The number of rotatable bonds is 4. The summed E-state index contributed by atoms with van der Waals surface area (Å²) in [5.41, 5.74) is 8.54. The largest absolute Gasteiger partial charge is 0.378 e. The van der Waals surface area contributed by atoms with Gasteiger partial charge in [0, 0.05) is 19.6 Å². The first-order chi connectivity index (χ1) is 7.15. The Balaban J connectivity index is 2.11. The zero-order chi connectivity index (χ0) is 10.9. The van der Waals surface area contributed by atoms with Crippen LogP contribution in [0.15, 0.2) is 24.3 Å². The molecule has 0 aromatic heterocycles. The summed E-state index contributed by atoms with van der Waals surface area (Å²) in [4.78, 5) is 0. The predicted molar refractivity (Wildman–Crippen MR) is 61.7 cm³/mol. The van der Waals surface area contributed by atoms with E-state index < -0.39 is 0 Å². The lowest BCUT2D eigenvalue weighted by atomic mass is 10.0. The fourth-order valence-electron chi connectivity index (χ4n) is 1.95. The van der Waals surface area contributed by atoms with Crippen molar-refractivity contribution in [1.82, 2.24) is 0 Å². The van der Waals surface area contributed by atoms with E-state index >= 15 is 0 Å². The number of nitrogens with two attached hydrogens (primary N) is 1. The van der Waals surface area contributed by atoms with Gasteiger partial charge in [-0.25, -0.2) is 0 Å². The van der Waals surface area contributed by atoms with Crippen LogP contribution in [-0.2, 0) is 11.2 Å². The first-order valence-corrected chi connectivity index (χ1v) is 5.55. The second-order valence-electron chi connectivity index (χ2n) is 4.60. The highest BCUT2D eigenvalue weighted by Gasteiger charge is 2.42. The van der Waals surface area contributed by atoms with Crippen molar-refractivity contribution < 1.29 is 4.74 Å². The van der Waals surface area contributed by atoms with E-state index in [1.165, 1.54) is 24.0 Å². The summed E-state index contributed by atoms with van der Waals surface area (Å²) in [6.07, 6.45) is 3.39. The monoisotopic (exact) mass is 205 g/mol. The Hall–Kier alpha value is -0.860. The summed E-state index contributed by atoms with van der Waals surface area (Å²) >= 11 is 0. The van der Waals surface area contributed by atoms with Gasteiger partial charge in [0.1, 0.15) is 0 Å². The molecule has 0 amide bonds. The fraction of sp³-hybridized carbons (Fsp3) is 0.538. The number of methoxy groups -OCH3 is 1. The maximum atomic E-state index is 5.86. The molecule has 2 nitrogen and oxygen atoms in total. The summed E-state index contributed by atoms with van der Waals surface area (Å²) in [5.74, 6) is 0. The molecular formula is C13H19NO. The lowest BCUT2D eigenvalue weighted by molar-refractivity contribution is 0.0807. The molecule has 1 fully saturated rings. The Kier molecular flexibility index (Phi) is 2.81. The Morgan fingerprint density at radius 1 is 1.47 bits per heavy atom. The van der Waals surface area contributed by atoms with Gasteiger partial charge < -0.3 is 10.5 Å². The molecule has 1 saturated carbocycles. The van der Waals surface area contributed by atoms with E-state index in [-0.39, 0.29) is 11.6 Å². The van der Waals surface area contributed by atoms with Crippen molar-refractivity contribution in [2.45, 2.75) is 37.8 Å². The van der Waals surface area contributed by atoms with Crippen LogP contribution < -0.4 is 5.73 Å². The molecule has 15 heavy (non-hydrogen) atoms. The van der Waals surface area contributed by atoms with E-state index in [4.69, 9.17) is 10.5 Å². The summed E-state index contributed by atoms with van der Waals surface area (Å²) in [6.45, 7) is 2.02. The summed E-state index contributed by atoms with van der Waals surface area (Å²) in [6, 6.07) is 8.64. The van der Waals surface area contributed by atoms with E-state index in [9.17, 15) is 0 Å². The van der Waals surface area contributed by atoms with E-state index in [1.54, 1.807) is 0 Å². The molecule has 1 aliphatic carbocycles. The molecule has 2 N–H and O–H groups in total. The molecule has 1 aromatic carbocycles. The first-order valence-electron chi connectivity index (χ1n) is 5.55. The second kappa shape index (κ2) is 3.95. The number of hydrogen-bond donors (Lipinski definition) is 1. The van der Waals surface area contributed by atoms with Crippen molar-refractivity contribution in [1.29, 1.82) is 0 Å². The molecule has 0 aliphatic heterocycles. The molecule has 1 atom stereocenters. The highest BCUT2D eigenvalue weighted by Crippen LogP contribution is 2.41. The van der Waals surface area contributed by atoms with Crippen LogP contribution >= 0.6 is 0 Å². The molecule has 2 heteroatoms. The van der Waals surface area contributed by atoms with Crippen LogP contribution in [0, 0.1) is 0 Å². The molecular weight excluding hydrogens is 186 g/mol. The molecule has 2 rings (SSSR count). The number of hydrogen-bond acceptors (Lipinski definition) is 2. The Labute approximate surface area is 91.4 Å². The van der Waals surface area contributed by atoms with Gasteiger partial charge in [-0.3, -0.25) is 0 Å². The minimum Gasteiger partial charge on any atom is -0.378 e. The van der Waals surface area contributed by atoms with Crippen molar-refractivity contribution in [2.75, 3.05) is 7.11 Å². The third-order valence-electron chi connectivity index (χ3n) is 3.24. The van der Waals surface area contributed by atoms with Crippen LogP contribution in [0.5, 0.6) is 0 Å². The zero-order valence-corrected chi connectivity index (χ0v) is 9.49. The molecule has 82 valence electrons. The highest BCUT2D eigenvalue weighted by molar-refractivity contribution is 5.27.